The van der Waals surface area contributed by atoms with Crippen molar-refractivity contribution in [1.82, 2.24) is 10.2 Å². The third-order valence-electron chi connectivity index (χ3n) is 5.28. The summed E-state index contributed by atoms with van der Waals surface area (Å²) in [6.45, 7) is 10.3. The Hall–Kier alpha value is -1.78. The van der Waals surface area contributed by atoms with E-state index in [-0.39, 0.29) is 5.91 Å². The molecule has 0 saturated heterocycles. The average molecular weight is 351 g/mol. The Balaban J connectivity index is 2.63. The van der Waals surface area contributed by atoms with Gasteiger partial charge in [0.15, 0.2) is 0 Å². The number of carboxylic acids is 1. The van der Waals surface area contributed by atoms with E-state index in [0.717, 1.165) is 12.2 Å². The van der Waals surface area contributed by atoms with Crippen LogP contribution in [0.4, 0.5) is 0 Å². The molecule has 0 aliphatic heterocycles. The topological polar surface area (TPSA) is 69.6 Å². The molecule has 0 spiro atoms. The molecule has 1 rings (SSSR count). The van der Waals surface area contributed by atoms with E-state index in [9.17, 15) is 9.59 Å². The summed E-state index contributed by atoms with van der Waals surface area (Å²) in [7, 11) is 2.02. The van der Waals surface area contributed by atoms with Gasteiger partial charge >= 0.3 is 5.97 Å². The lowest BCUT2D eigenvalue weighted by molar-refractivity contribution is -0.147. The van der Waals surface area contributed by atoms with E-state index in [0.29, 0.717) is 24.5 Å². The first kappa shape index (κ1) is 21.3. The smallest absolute Gasteiger partial charge is 0.309 e. The largest absolute Gasteiger partial charge is 0.481 e. The fourth-order valence-electron chi connectivity index (χ4n) is 3.19. The van der Waals surface area contributed by atoms with Gasteiger partial charge in [0.05, 0.1) is 11.0 Å². The maximum absolute atomic E-state index is 12.5. The number of hydrogen-bond donors (Lipinski definition) is 2. The molecule has 1 fully saturated rings. The van der Waals surface area contributed by atoms with Crippen LogP contribution in [0, 0.1) is 11.3 Å². The Labute approximate surface area is 152 Å². The molecule has 0 aromatic carbocycles. The summed E-state index contributed by atoms with van der Waals surface area (Å²) < 4.78 is 0. The van der Waals surface area contributed by atoms with Crippen molar-refractivity contribution < 1.29 is 14.7 Å². The molecule has 2 N–H and O–H groups in total. The summed E-state index contributed by atoms with van der Waals surface area (Å²) in [5, 5.41) is 12.0. The lowest BCUT2D eigenvalue weighted by Gasteiger charge is -2.29. The van der Waals surface area contributed by atoms with Gasteiger partial charge in [-0.1, -0.05) is 31.9 Å². The molecule has 5 heteroatoms. The molecule has 25 heavy (non-hydrogen) atoms. The standard InChI is InChI=1S/C20H34N2O3/c1-6-17(18(23)21-13-12-20(3,4)19(24)25)15(2)22(5)14-16-10-8-7-9-11-16/h6,16H,1,7-14H2,2-5H3,(H,21,23)(H,24,25). The predicted octanol–water partition coefficient (Wildman–Crippen LogP) is 3.58. The van der Waals surface area contributed by atoms with Gasteiger partial charge in [0, 0.05) is 25.8 Å². The van der Waals surface area contributed by atoms with E-state index < -0.39 is 11.4 Å². The Morgan fingerprint density at radius 2 is 1.88 bits per heavy atom. The molecule has 5 nitrogen and oxygen atoms in total. The zero-order chi connectivity index (χ0) is 19.0. The number of carbonyl (C=O) groups is 2. The van der Waals surface area contributed by atoms with Gasteiger partial charge in [-0.2, -0.15) is 0 Å². The predicted molar refractivity (Wildman–Crippen MR) is 101 cm³/mol. The summed E-state index contributed by atoms with van der Waals surface area (Å²) in [6.07, 6.45) is 8.43. The molecule has 1 saturated carbocycles. The minimum atomic E-state index is -0.857. The third-order valence-corrected chi connectivity index (χ3v) is 5.28. The summed E-state index contributed by atoms with van der Waals surface area (Å²) in [4.78, 5) is 25.7. The van der Waals surface area contributed by atoms with Crippen LogP contribution in [0.1, 0.15) is 59.3 Å². The Kier molecular flexibility index (Phi) is 8.20. The number of amides is 1. The number of aliphatic carboxylic acids is 1. The van der Waals surface area contributed by atoms with Crippen molar-refractivity contribution in [3.8, 4) is 0 Å². The first-order valence-corrected chi connectivity index (χ1v) is 9.25. The molecule has 0 unspecified atom stereocenters. The molecule has 0 atom stereocenters. The van der Waals surface area contributed by atoms with Crippen LogP contribution in [0.15, 0.2) is 23.9 Å². The SMILES string of the molecule is C=CC(C(=O)NCCC(C)(C)C(=O)O)=C(C)N(C)CC1CCCCC1. The van der Waals surface area contributed by atoms with Gasteiger partial charge in [0.1, 0.15) is 0 Å². The fourth-order valence-corrected chi connectivity index (χ4v) is 3.19. The van der Waals surface area contributed by atoms with Gasteiger partial charge in [-0.25, -0.2) is 0 Å². The number of carbonyl (C=O) groups excluding carboxylic acids is 1. The monoisotopic (exact) mass is 350 g/mol. The van der Waals surface area contributed by atoms with Crippen molar-refractivity contribution in [1.29, 1.82) is 0 Å². The van der Waals surface area contributed by atoms with E-state index in [4.69, 9.17) is 5.11 Å². The molecular formula is C20H34N2O3. The van der Waals surface area contributed by atoms with Crippen LogP contribution in [0.5, 0.6) is 0 Å². The van der Waals surface area contributed by atoms with Crippen LogP contribution in [0.25, 0.3) is 0 Å². The summed E-state index contributed by atoms with van der Waals surface area (Å²) in [6, 6.07) is 0. The summed E-state index contributed by atoms with van der Waals surface area (Å²) >= 11 is 0. The maximum Gasteiger partial charge on any atom is 0.309 e. The number of nitrogens with one attached hydrogen (secondary N) is 1. The van der Waals surface area contributed by atoms with Gasteiger partial charge in [0.25, 0.3) is 5.91 Å². The summed E-state index contributed by atoms with van der Waals surface area (Å²) in [5.41, 5.74) is 0.625. The van der Waals surface area contributed by atoms with Crippen molar-refractivity contribution in [2.24, 2.45) is 11.3 Å². The second-order valence-electron chi connectivity index (χ2n) is 7.78. The normalized spacial score (nSPS) is 16.8. The Bertz CT molecular complexity index is 517. The van der Waals surface area contributed by atoms with Crippen LogP contribution in [-0.2, 0) is 9.59 Å². The molecule has 1 amide bonds. The number of carboxylic acid groups (broad SMARTS) is 1. The average Bonchev–Trinajstić information content (AvgIpc) is 2.56. The molecule has 0 heterocycles. The number of rotatable bonds is 9. The van der Waals surface area contributed by atoms with Gasteiger partial charge in [-0.05, 0) is 46.0 Å². The van der Waals surface area contributed by atoms with Crippen LogP contribution in [0.3, 0.4) is 0 Å². The van der Waals surface area contributed by atoms with Crippen LogP contribution >= 0.6 is 0 Å². The van der Waals surface area contributed by atoms with Crippen molar-refractivity contribution in [3.63, 3.8) is 0 Å². The molecule has 0 bridgehead atoms. The van der Waals surface area contributed by atoms with Gasteiger partial charge in [-0.3, -0.25) is 9.59 Å². The number of hydrogen-bond acceptors (Lipinski definition) is 3. The number of allylic oxidation sites excluding steroid dienone is 1. The van der Waals surface area contributed by atoms with Crippen molar-refractivity contribution in [2.75, 3.05) is 20.1 Å². The lowest BCUT2D eigenvalue weighted by atomic mass is 9.89. The highest BCUT2D eigenvalue weighted by molar-refractivity contribution is 5.96. The fraction of sp³-hybridized carbons (Fsp3) is 0.700. The highest BCUT2D eigenvalue weighted by atomic mass is 16.4. The highest BCUT2D eigenvalue weighted by Crippen LogP contribution is 2.25. The van der Waals surface area contributed by atoms with Crippen molar-refractivity contribution in [3.05, 3.63) is 23.9 Å². The van der Waals surface area contributed by atoms with E-state index >= 15 is 0 Å². The quantitative estimate of drug-likeness (QED) is 0.493. The third kappa shape index (κ3) is 6.56. The first-order valence-electron chi connectivity index (χ1n) is 9.25. The van der Waals surface area contributed by atoms with Gasteiger partial charge in [0.2, 0.25) is 0 Å². The van der Waals surface area contributed by atoms with E-state index in [1.54, 1.807) is 19.9 Å². The molecule has 142 valence electrons. The Morgan fingerprint density at radius 3 is 2.40 bits per heavy atom. The second kappa shape index (κ2) is 9.64. The van der Waals surface area contributed by atoms with Gasteiger partial charge in [-0.15, -0.1) is 0 Å². The molecule has 0 radical (unpaired) electrons. The van der Waals surface area contributed by atoms with Crippen LogP contribution in [0.2, 0.25) is 0 Å². The second-order valence-corrected chi connectivity index (χ2v) is 7.78. The lowest BCUT2D eigenvalue weighted by Crippen LogP contribution is -2.34. The zero-order valence-corrected chi connectivity index (χ0v) is 16.2. The molecule has 1 aliphatic carbocycles. The minimum Gasteiger partial charge on any atom is -0.481 e. The van der Waals surface area contributed by atoms with Crippen LogP contribution < -0.4 is 5.32 Å². The number of nitrogens with zero attached hydrogens (tertiary/aromatic N) is 1. The molecule has 0 aromatic rings. The van der Waals surface area contributed by atoms with E-state index in [2.05, 4.69) is 16.8 Å². The highest BCUT2D eigenvalue weighted by Gasteiger charge is 2.27. The molecule has 0 aromatic heterocycles. The molecule has 1 aliphatic rings. The molecular weight excluding hydrogens is 316 g/mol. The maximum atomic E-state index is 12.5. The van der Waals surface area contributed by atoms with Gasteiger partial charge < -0.3 is 15.3 Å². The van der Waals surface area contributed by atoms with Crippen molar-refractivity contribution in [2.45, 2.75) is 59.3 Å². The van der Waals surface area contributed by atoms with E-state index in [1.165, 1.54) is 32.1 Å². The van der Waals surface area contributed by atoms with Crippen LogP contribution in [-0.4, -0.2) is 42.0 Å². The zero-order valence-electron chi connectivity index (χ0n) is 16.2. The van der Waals surface area contributed by atoms with E-state index in [1.807, 2.05) is 14.0 Å². The van der Waals surface area contributed by atoms with Crippen molar-refractivity contribution >= 4 is 11.9 Å². The summed E-state index contributed by atoms with van der Waals surface area (Å²) in [5.74, 6) is -0.354. The first-order chi connectivity index (χ1) is 11.7. The Morgan fingerprint density at radius 1 is 1.28 bits per heavy atom. The minimum absolute atomic E-state index is 0.191.